The molecule has 0 aromatic heterocycles. The molecular weight excluding hydrogens is 364 g/mol. The second-order valence-corrected chi connectivity index (χ2v) is 9.69. The average Bonchev–Trinajstić information content (AvgIpc) is 2.96. The summed E-state index contributed by atoms with van der Waals surface area (Å²) in [4.78, 5) is 16.5. The summed E-state index contributed by atoms with van der Waals surface area (Å²) in [5, 5.41) is 0. The molecule has 1 amide bonds. The van der Waals surface area contributed by atoms with Gasteiger partial charge in [0.25, 0.3) is 0 Å². The van der Waals surface area contributed by atoms with Crippen molar-refractivity contribution in [2.45, 2.75) is 25.9 Å². The number of carbonyl (C=O) groups is 1. The van der Waals surface area contributed by atoms with Gasteiger partial charge in [-0.3, -0.25) is 9.69 Å². The van der Waals surface area contributed by atoms with E-state index >= 15 is 0 Å². The second kappa shape index (κ2) is 8.02. The van der Waals surface area contributed by atoms with Crippen molar-refractivity contribution in [3.05, 3.63) is 35.9 Å². The van der Waals surface area contributed by atoms with Gasteiger partial charge in [-0.25, -0.2) is 8.42 Å². The summed E-state index contributed by atoms with van der Waals surface area (Å²) >= 11 is 0. The summed E-state index contributed by atoms with van der Waals surface area (Å²) in [7, 11) is -1.48. The van der Waals surface area contributed by atoms with Crippen LogP contribution in [-0.2, 0) is 14.6 Å². The van der Waals surface area contributed by atoms with E-state index in [0.717, 1.165) is 11.3 Å². The highest BCUT2D eigenvalue weighted by molar-refractivity contribution is 7.91. The fourth-order valence-corrected chi connectivity index (χ4v) is 5.99. The summed E-state index contributed by atoms with van der Waals surface area (Å²) in [6, 6.07) is 7.41. The molecule has 0 bridgehead atoms. The fourth-order valence-electron chi connectivity index (χ4n) is 3.98. The van der Waals surface area contributed by atoms with Gasteiger partial charge in [-0.05, 0) is 6.07 Å². The van der Waals surface area contributed by atoms with Gasteiger partial charge < -0.3 is 9.64 Å². The van der Waals surface area contributed by atoms with Gasteiger partial charge in [-0.1, -0.05) is 44.2 Å². The SMILES string of the molecule is COc1ccccc1C=CCN1CCN(C(=O)C(C)C)[C@@H]2CS(=O)(=O)C[C@@H]21. The molecule has 27 heavy (non-hydrogen) atoms. The molecule has 0 aliphatic carbocycles. The van der Waals surface area contributed by atoms with Crippen molar-refractivity contribution in [1.82, 2.24) is 9.80 Å². The molecule has 1 aromatic carbocycles. The minimum atomic E-state index is -3.12. The molecule has 2 aliphatic rings. The molecule has 0 unspecified atom stereocenters. The molecule has 0 N–H and O–H groups in total. The van der Waals surface area contributed by atoms with Crippen LogP contribution in [0.2, 0.25) is 0 Å². The third-order valence-corrected chi connectivity index (χ3v) is 7.04. The lowest BCUT2D eigenvalue weighted by Gasteiger charge is -2.44. The first-order chi connectivity index (χ1) is 12.8. The Labute approximate surface area is 161 Å². The number of fused-ring (bicyclic) bond motifs is 1. The highest BCUT2D eigenvalue weighted by Crippen LogP contribution is 2.28. The van der Waals surface area contributed by atoms with Gasteiger partial charge in [0.2, 0.25) is 5.91 Å². The normalized spacial score (nSPS) is 25.1. The Morgan fingerprint density at radius 3 is 2.63 bits per heavy atom. The van der Waals surface area contributed by atoms with Crippen molar-refractivity contribution in [2.24, 2.45) is 5.92 Å². The lowest BCUT2D eigenvalue weighted by atomic mass is 10.0. The van der Waals surface area contributed by atoms with Crippen LogP contribution in [-0.4, -0.2) is 74.5 Å². The number of carbonyl (C=O) groups excluding carboxylic acids is 1. The topological polar surface area (TPSA) is 66.9 Å². The van der Waals surface area contributed by atoms with Crippen molar-refractivity contribution in [2.75, 3.05) is 38.2 Å². The molecular formula is C20H28N2O4S. The van der Waals surface area contributed by atoms with Crippen LogP contribution in [0, 0.1) is 5.92 Å². The quantitative estimate of drug-likeness (QED) is 0.763. The number of rotatable bonds is 5. The van der Waals surface area contributed by atoms with E-state index in [-0.39, 0.29) is 35.4 Å². The van der Waals surface area contributed by atoms with Gasteiger partial charge in [-0.15, -0.1) is 0 Å². The Morgan fingerprint density at radius 2 is 1.93 bits per heavy atom. The minimum Gasteiger partial charge on any atom is -0.496 e. The van der Waals surface area contributed by atoms with Crippen molar-refractivity contribution in [3.8, 4) is 5.75 Å². The third-order valence-electron chi connectivity index (χ3n) is 5.34. The van der Waals surface area contributed by atoms with E-state index in [4.69, 9.17) is 4.74 Å². The summed E-state index contributed by atoms with van der Waals surface area (Å²) in [5.74, 6) is 0.935. The smallest absolute Gasteiger partial charge is 0.225 e. The molecule has 0 saturated carbocycles. The van der Waals surface area contributed by atoms with Gasteiger partial charge >= 0.3 is 0 Å². The largest absolute Gasteiger partial charge is 0.496 e. The zero-order valence-corrected chi connectivity index (χ0v) is 17.0. The molecule has 1 aromatic rings. The number of ether oxygens (including phenoxy) is 1. The summed E-state index contributed by atoms with van der Waals surface area (Å²) < 4.78 is 29.9. The van der Waals surface area contributed by atoms with Crippen molar-refractivity contribution in [1.29, 1.82) is 0 Å². The monoisotopic (exact) mass is 392 g/mol. The molecule has 6 nitrogen and oxygen atoms in total. The van der Waals surface area contributed by atoms with E-state index in [9.17, 15) is 13.2 Å². The van der Waals surface area contributed by atoms with E-state index in [1.165, 1.54) is 0 Å². The molecule has 0 spiro atoms. The highest BCUT2D eigenvalue weighted by Gasteiger charge is 2.47. The maximum atomic E-state index is 12.5. The lowest BCUT2D eigenvalue weighted by molar-refractivity contribution is -0.140. The molecule has 2 atom stereocenters. The van der Waals surface area contributed by atoms with Crippen LogP contribution in [0.3, 0.4) is 0 Å². The van der Waals surface area contributed by atoms with Crippen LogP contribution in [0.25, 0.3) is 6.08 Å². The molecule has 148 valence electrons. The lowest BCUT2D eigenvalue weighted by Crippen LogP contribution is -2.61. The summed E-state index contributed by atoms with van der Waals surface area (Å²) in [6.07, 6.45) is 4.04. The Balaban J connectivity index is 1.74. The van der Waals surface area contributed by atoms with Crippen LogP contribution in [0.1, 0.15) is 19.4 Å². The van der Waals surface area contributed by atoms with E-state index in [1.807, 2.05) is 50.3 Å². The Bertz CT molecular complexity index is 819. The number of methoxy groups -OCH3 is 1. The molecule has 2 heterocycles. The van der Waals surface area contributed by atoms with Crippen molar-refractivity contribution < 1.29 is 17.9 Å². The van der Waals surface area contributed by atoms with Gasteiger partial charge in [0.15, 0.2) is 9.84 Å². The maximum Gasteiger partial charge on any atom is 0.225 e. The first-order valence-electron chi connectivity index (χ1n) is 9.37. The maximum absolute atomic E-state index is 12.5. The predicted octanol–water partition coefficient (Wildman–Crippen LogP) is 1.67. The Kier molecular flexibility index (Phi) is 5.91. The van der Waals surface area contributed by atoms with Crippen molar-refractivity contribution in [3.63, 3.8) is 0 Å². The van der Waals surface area contributed by atoms with Gasteiger partial charge in [0, 0.05) is 37.2 Å². The van der Waals surface area contributed by atoms with E-state index in [0.29, 0.717) is 19.6 Å². The number of benzene rings is 1. The highest BCUT2D eigenvalue weighted by atomic mass is 32.2. The van der Waals surface area contributed by atoms with E-state index in [1.54, 1.807) is 12.0 Å². The summed E-state index contributed by atoms with van der Waals surface area (Å²) in [5.41, 5.74) is 0.990. The minimum absolute atomic E-state index is 0.0475. The molecule has 7 heteroatoms. The number of piperazine rings is 1. The molecule has 2 saturated heterocycles. The number of nitrogens with zero attached hydrogens (tertiary/aromatic N) is 2. The standard InChI is InChI=1S/C20H28N2O4S/c1-15(2)20(23)22-12-11-21(17-13-27(24,25)14-18(17)22)10-6-8-16-7-4-5-9-19(16)26-3/h4-9,15,17-18H,10-14H2,1-3H3/t17-,18+/m0/s1. The number of hydrogen-bond acceptors (Lipinski definition) is 5. The van der Waals surface area contributed by atoms with Crippen LogP contribution < -0.4 is 4.74 Å². The zero-order chi connectivity index (χ0) is 19.6. The first-order valence-corrected chi connectivity index (χ1v) is 11.2. The zero-order valence-electron chi connectivity index (χ0n) is 16.2. The fraction of sp³-hybridized carbons (Fsp3) is 0.550. The van der Waals surface area contributed by atoms with E-state index < -0.39 is 9.84 Å². The number of hydrogen-bond donors (Lipinski definition) is 0. The first kappa shape index (κ1) is 19.9. The second-order valence-electron chi connectivity index (χ2n) is 7.54. The average molecular weight is 393 g/mol. The molecule has 3 rings (SSSR count). The Hall–Kier alpha value is -1.86. The Morgan fingerprint density at radius 1 is 1.22 bits per heavy atom. The number of para-hydroxylation sites is 1. The van der Waals surface area contributed by atoms with Gasteiger partial charge in [0.1, 0.15) is 5.75 Å². The third kappa shape index (κ3) is 4.35. The van der Waals surface area contributed by atoms with Crippen molar-refractivity contribution >= 4 is 21.8 Å². The van der Waals surface area contributed by atoms with Crippen LogP contribution in [0.15, 0.2) is 30.3 Å². The molecule has 2 fully saturated rings. The van der Waals surface area contributed by atoms with Crippen LogP contribution in [0.5, 0.6) is 5.75 Å². The molecule has 2 aliphatic heterocycles. The summed E-state index contributed by atoms with van der Waals surface area (Å²) in [6.45, 7) is 5.65. The number of sulfone groups is 1. The van der Waals surface area contributed by atoms with Crippen LogP contribution in [0.4, 0.5) is 0 Å². The van der Waals surface area contributed by atoms with E-state index in [2.05, 4.69) is 4.90 Å². The number of amides is 1. The molecule has 0 radical (unpaired) electrons. The van der Waals surface area contributed by atoms with Crippen LogP contribution >= 0.6 is 0 Å². The predicted molar refractivity (Wildman–Crippen MR) is 106 cm³/mol. The van der Waals surface area contributed by atoms with Gasteiger partial charge in [-0.2, -0.15) is 0 Å². The van der Waals surface area contributed by atoms with Gasteiger partial charge in [0.05, 0.1) is 24.7 Å².